The van der Waals surface area contributed by atoms with Gasteiger partial charge in [0.1, 0.15) is 0 Å². The Kier molecular flexibility index (Phi) is 5.53. The monoisotopic (exact) mass is 260 g/mol. The van der Waals surface area contributed by atoms with E-state index in [4.69, 9.17) is 5.26 Å². The number of aryl methyl sites for hydroxylation is 1. The highest BCUT2D eigenvalue weighted by Gasteiger charge is 2.15. The molecule has 102 valence electrons. The van der Waals surface area contributed by atoms with E-state index in [0.29, 0.717) is 17.0 Å². The Morgan fingerprint density at radius 1 is 1.47 bits per heavy atom. The first-order valence-electron chi connectivity index (χ1n) is 6.40. The number of hydrogen-bond acceptors (Lipinski definition) is 3. The Hall–Kier alpha value is -1.86. The van der Waals surface area contributed by atoms with Crippen molar-refractivity contribution in [2.24, 2.45) is 5.92 Å². The van der Waals surface area contributed by atoms with E-state index in [0.717, 1.165) is 12.0 Å². The van der Waals surface area contributed by atoms with E-state index in [9.17, 15) is 9.90 Å². The summed E-state index contributed by atoms with van der Waals surface area (Å²) in [4.78, 5) is 12.1. The van der Waals surface area contributed by atoms with Crippen LogP contribution in [-0.2, 0) is 0 Å². The van der Waals surface area contributed by atoms with E-state index in [-0.39, 0.29) is 18.6 Å². The van der Waals surface area contributed by atoms with Crippen molar-refractivity contribution in [1.29, 1.82) is 5.26 Å². The van der Waals surface area contributed by atoms with Crippen molar-refractivity contribution < 1.29 is 9.90 Å². The molecule has 1 unspecified atom stereocenters. The lowest BCUT2D eigenvalue weighted by atomic mass is 10.0. The first-order chi connectivity index (χ1) is 8.97. The average molecular weight is 260 g/mol. The van der Waals surface area contributed by atoms with Crippen LogP contribution in [-0.4, -0.2) is 23.7 Å². The zero-order valence-corrected chi connectivity index (χ0v) is 11.6. The minimum absolute atomic E-state index is 0.0702. The fraction of sp³-hybridized carbons (Fsp3) is 0.467. The topological polar surface area (TPSA) is 73.1 Å². The molecule has 0 radical (unpaired) electrons. The molecule has 0 fully saturated rings. The van der Waals surface area contributed by atoms with Gasteiger partial charge in [0.15, 0.2) is 0 Å². The van der Waals surface area contributed by atoms with E-state index >= 15 is 0 Å². The molecule has 1 atom stereocenters. The Morgan fingerprint density at radius 2 is 2.16 bits per heavy atom. The summed E-state index contributed by atoms with van der Waals surface area (Å²) >= 11 is 0. The minimum atomic E-state index is -0.234. The van der Waals surface area contributed by atoms with Crippen LogP contribution in [0.2, 0.25) is 0 Å². The minimum Gasteiger partial charge on any atom is -0.394 e. The van der Waals surface area contributed by atoms with E-state index in [2.05, 4.69) is 5.32 Å². The van der Waals surface area contributed by atoms with Gasteiger partial charge in [0.2, 0.25) is 0 Å². The molecular formula is C15H20N2O2. The van der Waals surface area contributed by atoms with Crippen LogP contribution in [0.5, 0.6) is 0 Å². The molecule has 0 saturated carbocycles. The second-order valence-electron chi connectivity index (χ2n) is 5.12. The van der Waals surface area contributed by atoms with Crippen molar-refractivity contribution in [1.82, 2.24) is 5.32 Å². The number of aliphatic hydroxyl groups is 1. The van der Waals surface area contributed by atoms with Gasteiger partial charge in [-0.15, -0.1) is 0 Å². The number of aliphatic hydroxyl groups excluding tert-OH is 1. The van der Waals surface area contributed by atoms with Gasteiger partial charge in [-0.25, -0.2) is 0 Å². The number of nitrogens with one attached hydrogen (secondary N) is 1. The smallest absolute Gasteiger partial charge is 0.251 e. The first kappa shape index (κ1) is 15.2. The van der Waals surface area contributed by atoms with Gasteiger partial charge in [-0.1, -0.05) is 13.8 Å². The number of amides is 1. The number of nitriles is 1. The quantitative estimate of drug-likeness (QED) is 0.850. The maximum Gasteiger partial charge on any atom is 0.251 e. The summed E-state index contributed by atoms with van der Waals surface area (Å²) < 4.78 is 0. The molecular weight excluding hydrogens is 240 g/mol. The van der Waals surface area contributed by atoms with Crippen molar-refractivity contribution in [2.75, 3.05) is 6.61 Å². The lowest BCUT2D eigenvalue weighted by Gasteiger charge is -2.18. The molecule has 0 bridgehead atoms. The molecule has 19 heavy (non-hydrogen) atoms. The van der Waals surface area contributed by atoms with Crippen molar-refractivity contribution in [3.63, 3.8) is 0 Å². The molecule has 1 aromatic carbocycles. The zero-order chi connectivity index (χ0) is 14.4. The van der Waals surface area contributed by atoms with Gasteiger partial charge in [0.25, 0.3) is 5.91 Å². The summed E-state index contributed by atoms with van der Waals surface area (Å²) in [5.74, 6) is 0.196. The molecule has 2 N–H and O–H groups in total. The first-order valence-corrected chi connectivity index (χ1v) is 6.40. The number of carbonyl (C=O) groups excluding carboxylic acids is 1. The average Bonchev–Trinajstić information content (AvgIpc) is 2.36. The van der Waals surface area contributed by atoms with Gasteiger partial charge in [-0.2, -0.15) is 5.26 Å². The molecule has 1 aromatic rings. The fourth-order valence-electron chi connectivity index (χ4n) is 2.00. The summed E-state index contributed by atoms with van der Waals surface area (Å²) in [6.07, 6.45) is 0.734. The van der Waals surface area contributed by atoms with Crippen LogP contribution in [0.3, 0.4) is 0 Å². The third-order valence-electron chi connectivity index (χ3n) is 2.91. The third kappa shape index (κ3) is 4.38. The molecule has 1 amide bonds. The second-order valence-corrected chi connectivity index (χ2v) is 5.12. The highest BCUT2D eigenvalue weighted by atomic mass is 16.3. The predicted octanol–water partition coefficient (Wildman–Crippen LogP) is 2.00. The van der Waals surface area contributed by atoms with Crippen molar-refractivity contribution in [3.05, 3.63) is 34.9 Å². The molecule has 4 nitrogen and oxygen atoms in total. The van der Waals surface area contributed by atoms with Gasteiger partial charge in [-0.05, 0) is 43.0 Å². The Bertz CT molecular complexity index is 489. The summed E-state index contributed by atoms with van der Waals surface area (Å²) in [5, 5.41) is 20.9. The van der Waals surface area contributed by atoms with Gasteiger partial charge in [0.05, 0.1) is 24.3 Å². The predicted molar refractivity (Wildman–Crippen MR) is 73.7 cm³/mol. The highest BCUT2D eigenvalue weighted by molar-refractivity contribution is 5.95. The summed E-state index contributed by atoms with van der Waals surface area (Å²) in [7, 11) is 0. The molecule has 0 heterocycles. The van der Waals surface area contributed by atoms with Crippen LogP contribution in [0, 0.1) is 24.2 Å². The fourth-order valence-corrected chi connectivity index (χ4v) is 2.00. The molecule has 4 heteroatoms. The zero-order valence-electron chi connectivity index (χ0n) is 11.6. The molecule has 0 aliphatic rings. The van der Waals surface area contributed by atoms with Gasteiger partial charge >= 0.3 is 0 Å². The van der Waals surface area contributed by atoms with Gasteiger partial charge in [-0.3, -0.25) is 4.79 Å². The second kappa shape index (κ2) is 6.91. The largest absolute Gasteiger partial charge is 0.394 e. The molecule has 0 aromatic heterocycles. The van der Waals surface area contributed by atoms with Crippen LogP contribution < -0.4 is 5.32 Å². The summed E-state index contributed by atoms with van der Waals surface area (Å²) in [6.45, 7) is 5.81. The van der Waals surface area contributed by atoms with E-state index in [1.54, 1.807) is 25.1 Å². The Labute approximate surface area is 114 Å². The molecule has 0 aliphatic heterocycles. The van der Waals surface area contributed by atoms with Gasteiger partial charge in [0, 0.05) is 5.56 Å². The van der Waals surface area contributed by atoms with E-state index < -0.39 is 0 Å². The van der Waals surface area contributed by atoms with Crippen LogP contribution in [0.15, 0.2) is 18.2 Å². The maximum absolute atomic E-state index is 12.1. The van der Waals surface area contributed by atoms with Crippen LogP contribution in [0.4, 0.5) is 0 Å². The lowest BCUT2D eigenvalue weighted by Crippen LogP contribution is -2.38. The Morgan fingerprint density at radius 3 is 2.63 bits per heavy atom. The number of carbonyl (C=O) groups is 1. The standard InChI is InChI=1S/C15H20N2O2/c1-10(2)6-13(9-18)17-15(19)14-5-4-12(8-16)7-11(14)3/h4-5,7,10,13,18H,6,9H2,1-3H3,(H,17,19). The highest BCUT2D eigenvalue weighted by Crippen LogP contribution is 2.12. The summed E-state index contributed by atoms with van der Waals surface area (Å²) in [6, 6.07) is 6.76. The summed E-state index contributed by atoms with van der Waals surface area (Å²) in [5.41, 5.74) is 1.84. The van der Waals surface area contributed by atoms with E-state index in [1.165, 1.54) is 0 Å². The molecule has 0 saturated heterocycles. The van der Waals surface area contributed by atoms with E-state index in [1.807, 2.05) is 19.9 Å². The van der Waals surface area contributed by atoms with Crippen molar-refractivity contribution >= 4 is 5.91 Å². The van der Waals surface area contributed by atoms with Crippen LogP contribution >= 0.6 is 0 Å². The molecule has 0 spiro atoms. The number of rotatable bonds is 5. The van der Waals surface area contributed by atoms with Crippen LogP contribution in [0.25, 0.3) is 0 Å². The lowest BCUT2D eigenvalue weighted by molar-refractivity contribution is 0.0907. The van der Waals surface area contributed by atoms with Crippen LogP contribution in [0.1, 0.15) is 41.8 Å². The van der Waals surface area contributed by atoms with Gasteiger partial charge < -0.3 is 10.4 Å². The third-order valence-corrected chi connectivity index (χ3v) is 2.91. The number of benzene rings is 1. The SMILES string of the molecule is Cc1cc(C#N)ccc1C(=O)NC(CO)CC(C)C. The van der Waals surface area contributed by atoms with Crippen molar-refractivity contribution in [2.45, 2.75) is 33.2 Å². The number of nitrogens with zero attached hydrogens (tertiary/aromatic N) is 1. The van der Waals surface area contributed by atoms with Crippen molar-refractivity contribution in [3.8, 4) is 6.07 Å². The molecule has 1 rings (SSSR count). The maximum atomic E-state index is 12.1. The Balaban J connectivity index is 2.80. The number of hydrogen-bond donors (Lipinski definition) is 2. The normalized spacial score (nSPS) is 12.0. The molecule has 0 aliphatic carbocycles.